The van der Waals surface area contributed by atoms with Gasteiger partial charge in [-0.15, -0.1) is 0 Å². The van der Waals surface area contributed by atoms with E-state index in [4.69, 9.17) is 0 Å². The highest BCUT2D eigenvalue weighted by molar-refractivity contribution is 9.10. The third kappa shape index (κ3) is 2.15. The molecule has 0 radical (unpaired) electrons. The molecule has 0 spiro atoms. The smallest absolute Gasteiger partial charge is 0.124 e. The predicted octanol–water partition coefficient (Wildman–Crippen LogP) is 4.19. The monoisotopic (exact) mass is 305 g/mol. The molecule has 0 aromatic heterocycles. The number of benzene rings is 2. The molecule has 0 atom stereocenters. The molecule has 1 aliphatic rings. The van der Waals surface area contributed by atoms with Gasteiger partial charge in [0, 0.05) is 23.5 Å². The van der Waals surface area contributed by atoms with Crippen molar-refractivity contribution < 1.29 is 4.39 Å². The van der Waals surface area contributed by atoms with E-state index in [0.717, 1.165) is 23.2 Å². The maximum atomic E-state index is 13.0. The lowest BCUT2D eigenvalue weighted by molar-refractivity contribution is 0.523. The SMILES string of the molecule is Fc1ccc(N2CC(c3ccccc3)C2)c(Br)c1. The van der Waals surface area contributed by atoms with Crippen LogP contribution in [0.15, 0.2) is 53.0 Å². The Hall–Kier alpha value is -1.35. The standard InChI is InChI=1S/C15H13BrFN/c16-14-8-13(17)6-7-15(14)18-9-12(10-18)11-4-2-1-3-5-11/h1-8,12H,9-10H2. The summed E-state index contributed by atoms with van der Waals surface area (Å²) < 4.78 is 13.9. The maximum Gasteiger partial charge on any atom is 0.124 e. The second-order valence-corrected chi connectivity index (χ2v) is 5.46. The Balaban J connectivity index is 1.72. The molecule has 3 heteroatoms. The first-order chi connectivity index (χ1) is 8.74. The van der Waals surface area contributed by atoms with E-state index >= 15 is 0 Å². The molecule has 1 heterocycles. The minimum atomic E-state index is -0.203. The Bertz CT molecular complexity index is 550. The van der Waals surface area contributed by atoms with E-state index in [-0.39, 0.29) is 5.82 Å². The van der Waals surface area contributed by atoms with Gasteiger partial charge in [-0.2, -0.15) is 0 Å². The number of hydrogen-bond donors (Lipinski definition) is 0. The first-order valence-electron chi connectivity index (χ1n) is 5.99. The molecule has 1 aliphatic heterocycles. The van der Waals surface area contributed by atoms with Gasteiger partial charge < -0.3 is 4.90 Å². The van der Waals surface area contributed by atoms with Crippen molar-refractivity contribution in [3.63, 3.8) is 0 Å². The highest BCUT2D eigenvalue weighted by atomic mass is 79.9. The molecular formula is C15H13BrFN. The average Bonchev–Trinajstić information content (AvgIpc) is 2.31. The zero-order valence-corrected chi connectivity index (χ0v) is 11.4. The minimum Gasteiger partial charge on any atom is -0.369 e. The van der Waals surface area contributed by atoms with Gasteiger partial charge in [-0.25, -0.2) is 4.39 Å². The van der Waals surface area contributed by atoms with Crippen molar-refractivity contribution in [1.29, 1.82) is 0 Å². The molecule has 0 N–H and O–H groups in total. The van der Waals surface area contributed by atoms with Crippen LogP contribution in [0.1, 0.15) is 11.5 Å². The molecule has 0 amide bonds. The van der Waals surface area contributed by atoms with Crippen molar-refractivity contribution >= 4 is 21.6 Å². The highest BCUT2D eigenvalue weighted by Gasteiger charge is 2.29. The number of rotatable bonds is 2. The Morgan fingerprint density at radius 2 is 1.78 bits per heavy atom. The number of nitrogens with zero attached hydrogens (tertiary/aromatic N) is 1. The van der Waals surface area contributed by atoms with Gasteiger partial charge in [0.1, 0.15) is 5.82 Å². The second kappa shape index (κ2) is 4.73. The molecule has 0 aliphatic carbocycles. The fraction of sp³-hybridized carbons (Fsp3) is 0.200. The van der Waals surface area contributed by atoms with Gasteiger partial charge in [-0.3, -0.25) is 0 Å². The third-order valence-corrected chi connectivity index (χ3v) is 4.04. The van der Waals surface area contributed by atoms with Gasteiger partial charge in [0.25, 0.3) is 0 Å². The van der Waals surface area contributed by atoms with Crippen molar-refractivity contribution in [1.82, 2.24) is 0 Å². The molecule has 2 aromatic rings. The van der Waals surface area contributed by atoms with Crippen molar-refractivity contribution in [3.05, 3.63) is 64.4 Å². The van der Waals surface area contributed by atoms with Crippen LogP contribution in [0.5, 0.6) is 0 Å². The van der Waals surface area contributed by atoms with E-state index in [1.807, 2.05) is 12.1 Å². The molecule has 1 nitrogen and oxygen atoms in total. The molecular weight excluding hydrogens is 293 g/mol. The van der Waals surface area contributed by atoms with Gasteiger partial charge in [0.15, 0.2) is 0 Å². The van der Waals surface area contributed by atoms with Crippen LogP contribution in [0.4, 0.5) is 10.1 Å². The molecule has 1 fully saturated rings. The van der Waals surface area contributed by atoms with Crippen LogP contribution >= 0.6 is 15.9 Å². The normalized spacial score (nSPS) is 15.6. The molecule has 3 rings (SSSR count). The van der Waals surface area contributed by atoms with E-state index in [2.05, 4.69) is 45.1 Å². The summed E-state index contributed by atoms with van der Waals surface area (Å²) in [6.45, 7) is 1.99. The van der Waals surface area contributed by atoms with E-state index in [9.17, 15) is 4.39 Å². The molecule has 1 saturated heterocycles. The fourth-order valence-electron chi connectivity index (χ4n) is 2.35. The Morgan fingerprint density at radius 1 is 1.06 bits per heavy atom. The zero-order valence-electron chi connectivity index (χ0n) is 9.81. The van der Waals surface area contributed by atoms with Crippen LogP contribution < -0.4 is 4.90 Å². The Morgan fingerprint density at radius 3 is 2.44 bits per heavy atom. The van der Waals surface area contributed by atoms with E-state index < -0.39 is 0 Å². The summed E-state index contributed by atoms with van der Waals surface area (Å²) in [5.74, 6) is 0.383. The lowest BCUT2D eigenvalue weighted by atomic mass is 9.91. The summed E-state index contributed by atoms with van der Waals surface area (Å²) in [5, 5.41) is 0. The summed E-state index contributed by atoms with van der Waals surface area (Å²) in [6.07, 6.45) is 0. The quantitative estimate of drug-likeness (QED) is 0.804. The summed E-state index contributed by atoms with van der Waals surface area (Å²) >= 11 is 3.42. The van der Waals surface area contributed by atoms with Crippen LogP contribution in [-0.4, -0.2) is 13.1 Å². The van der Waals surface area contributed by atoms with Crippen molar-refractivity contribution in [2.45, 2.75) is 5.92 Å². The fourth-order valence-corrected chi connectivity index (χ4v) is 2.95. The zero-order chi connectivity index (χ0) is 12.5. The number of anilines is 1. The van der Waals surface area contributed by atoms with Gasteiger partial charge in [0.2, 0.25) is 0 Å². The van der Waals surface area contributed by atoms with Gasteiger partial charge in [0.05, 0.1) is 5.69 Å². The molecule has 0 unspecified atom stereocenters. The van der Waals surface area contributed by atoms with Gasteiger partial charge in [-0.05, 0) is 39.7 Å². The Labute approximate surface area is 114 Å². The number of halogens is 2. The topological polar surface area (TPSA) is 3.24 Å². The summed E-state index contributed by atoms with van der Waals surface area (Å²) in [7, 11) is 0. The minimum absolute atomic E-state index is 0.203. The summed E-state index contributed by atoms with van der Waals surface area (Å²) in [4.78, 5) is 2.27. The van der Waals surface area contributed by atoms with E-state index in [1.165, 1.54) is 17.7 Å². The summed E-state index contributed by atoms with van der Waals surface area (Å²) in [5.41, 5.74) is 2.45. The Kier molecular flexibility index (Phi) is 3.08. The lowest BCUT2D eigenvalue weighted by Gasteiger charge is -2.41. The van der Waals surface area contributed by atoms with Crippen molar-refractivity contribution in [3.8, 4) is 0 Å². The van der Waals surface area contributed by atoms with Crippen molar-refractivity contribution in [2.24, 2.45) is 0 Å². The van der Waals surface area contributed by atoms with Crippen molar-refractivity contribution in [2.75, 3.05) is 18.0 Å². The van der Waals surface area contributed by atoms with Crippen LogP contribution in [0.3, 0.4) is 0 Å². The molecule has 18 heavy (non-hydrogen) atoms. The van der Waals surface area contributed by atoms with Gasteiger partial charge >= 0.3 is 0 Å². The van der Waals surface area contributed by atoms with Gasteiger partial charge in [-0.1, -0.05) is 30.3 Å². The third-order valence-electron chi connectivity index (χ3n) is 3.40. The second-order valence-electron chi connectivity index (χ2n) is 4.61. The first kappa shape index (κ1) is 11.7. The predicted molar refractivity (Wildman–Crippen MR) is 75.5 cm³/mol. The molecule has 0 bridgehead atoms. The molecule has 2 aromatic carbocycles. The van der Waals surface area contributed by atoms with Crippen LogP contribution in [0.2, 0.25) is 0 Å². The molecule has 0 saturated carbocycles. The van der Waals surface area contributed by atoms with E-state index in [1.54, 1.807) is 0 Å². The summed E-state index contributed by atoms with van der Waals surface area (Å²) in [6, 6.07) is 15.4. The largest absolute Gasteiger partial charge is 0.369 e. The number of hydrogen-bond acceptors (Lipinski definition) is 1. The molecule has 92 valence electrons. The van der Waals surface area contributed by atoms with Crippen LogP contribution in [-0.2, 0) is 0 Å². The maximum absolute atomic E-state index is 13.0. The van der Waals surface area contributed by atoms with Crippen LogP contribution in [0.25, 0.3) is 0 Å². The van der Waals surface area contributed by atoms with Crippen LogP contribution in [0, 0.1) is 5.82 Å². The lowest BCUT2D eigenvalue weighted by Crippen LogP contribution is -2.45. The van der Waals surface area contributed by atoms with E-state index in [0.29, 0.717) is 5.92 Å². The first-order valence-corrected chi connectivity index (χ1v) is 6.78. The highest BCUT2D eigenvalue weighted by Crippen LogP contribution is 2.35. The average molecular weight is 306 g/mol.